The topological polar surface area (TPSA) is 38.2 Å². The van der Waals surface area contributed by atoms with Gasteiger partial charge in [0.1, 0.15) is 5.75 Å². The first-order valence-corrected chi connectivity index (χ1v) is 7.08. The fourth-order valence-electron chi connectivity index (χ4n) is 2.05. The molecule has 0 saturated carbocycles. The van der Waals surface area contributed by atoms with Crippen molar-refractivity contribution in [2.45, 2.75) is 32.7 Å². The number of aromatic nitrogens is 2. The van der Waals surface area contributed by atoms with Crippen molar-refractivity contribution in [1.82, 2.24) is 10.2 Å². The Hall–Kier alpha value is -2.10. The lowest BCUT2D eigenvalue weighted by Gasteiger charge is -2.20. The van der Waals surface area contributed by atoms with E-state index < -0.39 is 0 Å². The van der Waals surface area contributed by atoms with Crippen molar-refractivity contribution < 1.29 is 4.74 Å². The second-order valence-corrected chi connectivity index (χ2v) is 6.23. The molecule has 112 valence electrons. The van der Waals surface area contributed by atoms with Crippen LogP contribution in [-0.4, -0.2) is 24.4 Å². The van der Waals surface area contributed by atoms with E-state index in [0.29, 0.717) is 0 Å². The van der Waals surface area contributed by atoms with Gasteiger partial charge >= 0.3 is 0 Å². The molecule has 4 nitrogen and oxygen atoms in total. The van der Waals surface area contributed by atoms with Gasteiger partial charge in [-0.1, -0.05) is 32.9 Å². The first-order valence-electron chi connectivity index (χ1n) is 7.08. The largest absolute Gasteiger partial charge is 0.497 e. The van der Waals surface area contributed by atoms with E-state index in [-0.39, 0.29) is 5.41 Å². The van der Waals surface area contributed by atoms with Crippen molar-refractivity contribution in [2.75, 3.05) is 19.1 Å². The van der Waals surface area contributed by atoms with Gasteiger partial charge in [-0.2, -0.15) is 5.10 Å². The van der Waals surface area contributed by atoms with Crippen LogP contribution in [0.2, 0.25) is 0 Å². The highest BCUT2D eigenvalue weighted by molar-refractivity contribution is 5.39. The van der Waals surface area contributed by atoms with Gasteiger partial charge in [-0.25, -0.2) is 0 Å². The minimum Gasteiger partial charge on any atom is -0.497 e. The van der Waals surface area contributed by atoms with Crippen LogP contribution in [-0.2, 0) is 12.0 Å². The van der Waals surface area contributed by atoms with Gasteiger partial charge in [-0.3, -0.25) is 0 Å². The molecule has 0 aliphatic carbocycles. The van der Waals surface area contributed by atoms with E-state index in [0.717, 1.165) is 23.8 Å². The normalized spacial score (nSPS) is 11.3. The second kappa shape index (κ2) is 6.12. The van der Waals surface area contributed by atoms with Crippen LogP contribution in [0.3, 0.4) is 0 Å². The number of methoxy groups -OCH3 is 1. The Labute approximate surface area is 126 Å². The fourth-order valence-corrected chi connectivity index (χ4v) is 2.05. The van der Waals surface area contributed by atoms with E-state index in [1.165, 1.54) is 5.56 Å². The minimum atomic E-state index is 0.0247. The van der Waals surface area contributed by atoms with Crippen molar-refractivity contribution >= 4 is 5.82 Å². The van der Waals surface area contributed by atoms with Crippen LogP contribution in [0, 0.1) is 0 Å². The van der Waals surface area contributed by atoms with Crippen LogP contribution in [0.15, 0.2) is 36.4 Å². The van der Waals surface area contributed by atoms with Gasteiger partial charge < -0.3 is 9.64 Å². The maximum atomic E-state index is 5.25. The maximum Gasteiger partial charge on any atom is 0.151 e. The zero-order chi connectivity index (χ0) is 15.5. The molecule has 2 aromatic rings. The minimum absolute atomic E-state index is 0.0247. The predicted octanol–water partition coefficient (Wildman–Crippen LogP) is 3.42. The van der Waals surface area contributed by atoms with E-state index in [9.17, 15) is 0 Å². The molecule has 4 heteroatoms. The van der Waals surface area contributed by atoms with E-state index in [4.69, 9.17) is 4.74 Å². The Morgan fingerprint density at radius 1 is 1.10 bits per heavy atom. The molecule has 21 heavy (non-hydrogen) atoms. The lowest BCUT2D eigenvalue weighted by atomic mass is 9.92. The smallest absolute Gasteiger partial charge is 0.151 e. The third-order valence-electron chi connectivity index (χ3n) is 3.36. The molecule has 0 unspecified atom stereocenters. The third kappa shape index (κ3) is 3.94. The quantitative estimate of drug-likeness (QED) is 0.862. The summed E-state index contributed by atoms with van der Waals surface area (Å²) in [5.41, 5.74) is 2.20. The van der Waals surface area contributed by atoms with Crippen LogP contribution < -0.4 is 9.64 Å². The number of hydrogen-bond acceptors (Lipinski definition) is 4. The molecule has 1 aromatic heterocycles. The summed E-state index contributed by atoms with van der Waals surface area (Å²) in [5.74, 6) is 1.74. The molecule has 0 aliphatic heterocycles. The molecule has 2 rings (SSSR count). The van der Waals surface area contributed by atoms with Crippen LogP contribution in [0.5, 0.6) is 5.75 Å². The Kier molecular flexibility index (Phi) is 4.46. The van der Waals surface area contributed by atoms with Crippen molar-refractivity contribution in [3.05, 3.63) is 47.7 Å². The van der Waals surface area contributed by atoms with Gasteiger partial charge in [0.2, 0.25) is 0 Å². The molecule has 0 aliphatic rings. The first kappa shape index (κ1) is 15.3. The van der Waals surface area contributed by atoms with Gasteiger partial charge in [-0.05, 0) is 29.8 Å². The highest BCUT2D eigenvalue weighted by atomic mass is 16.5. The lowest BCUT2D eigenvalue weighted by molar-refractivity contribution is 0.414. The molecule has 0 amide bonds. The molecule has 1 aromatic carbocycles. The van der Waals surface area contributed by atoms with Crippen LogP contribution in [0.25, 0.3) is 0 Å². The average molecular weight is 285 g/mol. The Balaban J connectivity index is 2.11. The van der Waals surface area contributed by atoms with Crippen molar-refractivity contribution in [2.24, 2.45) is 0 Å². The van der Waals surface area contributed by atoms with Crippen LogP contribution in [0.1, 0.15) is 32.0 Å². The van der Waals surface area contributed by atoms with Gasteiger partial charge in [0, 0.05) is 19.0 Å². The monoisotopic (exact) mass is 285 g/mol. The van der Waals surface area contributed by atoms with Crippen molar-refractivity contribution in [1.29, 1.82) is 0 Å². The van der Waals surface area contributed by atoms with E-state index in [2.05, 4.69) is 41.9 Å². The number of hydrogen-bond donors (Lipinski definition) is 0. The van der Waals surface area contributed by atoms with Gasteiger partial charge in [0.25, 0.3) is 0 Å². The lowest BCUT2D eigenvalue weighted by Crippen LogP contribution is -2.20. The average Bonchev–Trinajstić information content (AvgIpc) is 2.46. The Morgan fingerprint density at radius 2 is 1.86 bits per heavy atom. The number of rotatable bonds is 4. The molecule has 1 heterocycles. The van der Waals surface area contributed by atoms with Crippen LogP contribution >= 0.6 is 0 Å². The summed E-state index contributed by atoms with van der Waals surface area (Å²) in [4.78, 5) is 2.08. The predicted molar refractivity (Wildman–Crippen MR) is 85.8 cm³/mol. The summed E-state index contributed by atoms with van der Waals surface area (Å²) >= 11 is 0. The van der Waals surface area contributed by atoms with E-state index in [1.54, 1.807) is 7.11 Å². The van der Waals surface area contributed by atoms with Gasteiger partial charge in [0.15, 0.2) is 5.82 Å². The number of ether oxygens (including phenoxy) is 1. The second-order valence-electron chi connectivity index (χ2n) is 6.23. The highest BCUT2D eigenvalue weighted by Gasteiger charge is 2.16. The summed E-state index contributed by atoms with van der Waals surface area (Å²) in [6.45, 7) is 7.17. The highest BCUT2D eigenvalue weighted by Crippen LogP contribution is 2.21. The summed E-state index contributed by atoms with van der Waals surface area (Å²) < 4.78 is 5.25. The van der Waals surface area contributed by atoms with Gasteiger partial charge in [-0.15, -0.1) is 5.10 Å². The number of benzene rings is 1. The molecule has 0 saturated heterocycles. The molecule has 0 fully saturated rings. The SMILES string of the molecule is COc1cccc(CN(C)c2ccc(C(C)(C)C)nn2)c1. The summed E-state index contributed by atoms with van der Waals surface area (Å²) in [6.07, 6.45) is 0. The van der Waals surface area contributed by atoms with Gasteiger partial charge in [0.05, 0.1) is 12.8 Å². The molecule has 0 N–H and O–H groups in total. The molecular weight excluding hydrogens is 262 g/mol. The summed E-state index contributed by atoms with van der Waals surface area (Å²) in [7, 11) is 3.69. The molecule has 0 radical (unpaired) electrons. The Morgan fingerprint density at radius 3 is 2.43 bits per heavy atom. The molecule has 0 bridgehead atoms. The van der Waals surface area contributed by atoms with E-state index >= 15 is 0 Å². The zero-order valence-corrected chi connectivity index (χ0v) is 13.4. The van der Waals surface area contributed by atoms with Crippen molar-refractivity contribution in [3.63, 3.8) is 0 Å². The first-order chi connectivity index (χ1) is 9.90. The summed E-state index contributed by atoms with van der Waals surface area (Å²) in [5, 5.41) is 8.66. The number of anilines is 1. The fraction of sp³-hybridized carbons (Fsp3) is 0.412. The molecule has 0 spiro atoms. The van der Waals surface area contributed by atoms with Crippen LogP contribution in [0.4, 0.5) is 5.82 Å². The maximum absolute atomic E-state index is 5.25. The Bertz CT molecular complexity index is 588. The summed E-state index contributed by atoms with van der Waals surface area (Å²) in [6, 6.07) is 12.1. The molecular formula is C17H23N3O. The third-order valence-corrected chi connectivity index (χ3v) is 3.36. The number of nitrogens with zero attached hydrogens (tertiary/aromatic N) is 3. The zero-order valence-electron chi connectivity index (χ0n) is 13.4. The van der Waals surface area contributed by atoms with Crippen molar-refractivity contribution in [3.8, 4) is 5.75 Å². The van der Waals surface area contributed by atoms with E-state index in [1.807, 2.05) is 37.4 Å². The molecule has 0 atom stereocenters. The standard InChI is InChI=1S/C17H23N3O/c1-17(2,3)15-9-10-16(19-18-15)20(4)12-13-7-6-8-14(11-13)21-5/h6-11H,12H2,1-5H3.